The van der Waals surface area contributed by atoms with E-state index in [1.54, 1.807) is 12.4 Å². The van der Waals surface area contributed by atoms with Gasteiger partial charge in [-0.05, 0) is 97.5 Å². The molecule has 10 heteroatoms. The van der Waals surface area contributed by atoms with Crippen LogP contribution in [0.15, 0.2) is 118 Å². The molecule has 8 nitrogen and oxygen atoms in total. The third-order valence-electron chi connectivity index (χ3n) is 7.67. The van der Waals surface area contributed by atoms with Crippen molar-refractivity contribution in [3.8, 4) is 34.0 Å². The van der Waals surface area contributed by atoms with Crippen molar-refractivity contribution in [3.05, 3.63) is 141 Å². The second-order valence-electron chi connectivity index (χ2n) is 11.6. The standard InChI is InChI=1S/C40H38N6O2S2/c1-27-19-31(23-41-45-39-43-35(25-49-39)33-13-7-5-8-14-33)20-28(2)37(27)47-17-11-12-18-48-38-29(3)21-32(22-30(38)4)24-42-46-40-44-36(26-50-40)34-15-9-6-10-16-34/h5-16,19-26H,17-18H2,1-4H3,(H,43,45)(H,44,46)/b12-11+,41-23+,42-24+. The minimum absolute atomic E-state index is 0.445. The molecule has 0 saturated heterocycles. The van der Waals surface area contributed by atoms with Crippen LogP contribution >= 0.6 is 22.7 Å². The molecular formula is C40H38N6O2S2. The van der Waals surface area contributed by atoms with Crippen LogP contribution in [0.2, 0.25) is 0 Å². The van der Waals surface area contributed by atoms with Crippen LogP contribution in [0.5, 0.6) is 11.5 Å². The van der Waals surface area contributed by atoms with E-state index in [-0.39, 0.29) is 0 Å². The summed E-state index contributed by atoms with van der Waals surface area (Å²) in [6, 6.07) is 28.5. The third kappa shape index (κ3) is 9.10. The molecule has 6 rings (SSSR count). The van der Waals surface area contributed by atoms with Gasteiger partial charge in [0.25, 0.3) is 0 Å². The Hall–Kier alpha value is -5.58. The maximum absolute atomic E-state index is 6.11. The van der Waals surface area contributed by atoms with Crippen LogP contribution in [0.25, 0.3) is 22.5 Å². The van der Waals surface area contributed by atoms with Crippen molar-refractivity contribution in [1.29, 1.82) is 0 Å². The van der Waals surface area contributed by atoms with Crippen molar-refractivity contribution in [2.24, 2.45) is 10.2 Å². The number of thiazole rings is 2. The van der Waals surface area contributed by atoms with Gasteiger partial charge in [-0.3, -0.25) is 10.9 Å². The fourth-order valence-electron chi connectivity index (χ4n) is 5.43. The highest BCUT2D eigenvalue weighted by Gasteiger charge is 2.08. The Morgan fingerprint density at radius 2 is 0.960 bits per heavy atom. The van der Waals surface area contributed by atoms with Gasteiger partial charge in [-0.2, -0.15) is 10.2 Å². The van der Waals surface area contributed by atoms with E-state index in [1.165, 1.54) is 22.7 Å². The Kier molecular flexibility index (Phi) is 11.4. The van der Waals surface area contributed by atoms with Crippen LogP contribution in [0, 0.1) is 27.7 Å². The van der Waals surface area contributed by atoms with Gasteiger partial charge >= 0.3 is 0 Å². The van der Waals surface area contributed by atoms with Crippen molar-refractivity contribution in [2.45, 2.75) is 27.7 Å². The van der Waals surface area contributed by atoms with E-state index >= 15 is 0 Å². The second kappa shape index (κ2) is 16.7. The summed E-state index contributed by atoms with van der Waals surface area (Å²) in [6.45, 7) is 9.07. The lowest BCUT2D eigenvalue weighted by atomic mass is 10.1. The summed E-state index contributed by atoms with van der Waals surface area (Å²) in [5.74, 6) is 1.75. The predicted octanol–water partition coefficient (Wildman–Crippen LogP) is 10.1. The summed E-state index contributed by atoms with van der Waals surface area (Å²) >= 11 is 3.05. The largest absolute Gasteiger partial charge is 0.489 e. The van der Waals surface area contributed by atoms with Crippen LogP contribution in [-0.4, -0.2) is 35.6 Å². The SMILES string of the molecule is Cc1cc(/C=N/Nc2nc(-c3ccccc3)cs2)cc(C)c1OC/C=C/COc1c(C)cc(/C=N/Nc2nc(-c3ccccc3)cs2)cc1C. The number of hydrogen-bond acceptors (Lipinski definition) is 10. The fourth-order valence-corrected chi connectivity index (χ4v) is 6.77. The van der Waals surface area contributed by atoms with Crippen molar-refractivity contribution in [2.75, 3.05) is 24.1 Å². The zero-order valence-corrected chi connectivity index (χ0v) is 30.0. The first-order valence-electron chi connectivity index (χ1n) is 16.2. The van der Waals surface area contributed by atoms with Gasteiger partial charge in [0.15, 0.2) is 0 Å². The zero-order valence-electron chi connectivity index (χ0n) is 28.4. The van der Waals surface area contributed by atoms with Crippen LogP contribution in [-0.2, 0) is 0 Å². The average Bonchev–Trinajstić information content (AvgIpc) is 3.80. The number of ether oxygens (including phenoxy) is 2. The number of nitrogens with one attached hydrogen (secondary N) is 2. The summed E-state index contributed by atoms with van der Waals surface area (Å²) in [5.41, 5.74) is 16.3. The monoisotopic (exact) mass is 698 g/mol. The molecule has 0 atom stereocenters. The molecule has 0 unspecified atom stereocenters. The number of rotatable bonds is 14. The number of benzene rings is 4. The van der Waals surface area contributed by atoms with Crippen LogP contribution in [0.3, 0.4) is 0 Å². The number of anilines is 2. The molecule has 50 heavy (non-hydrogen) atoms. The molecule has 6 aromatic rings. The Bertz CT molecular complexity index is 1920. The van der Waals surface area contributed by atoms with Crippen molar-refractivity contribution >= 4 is 45.4 Å². The van der Waals surface area contributed by atoms with Gasteiger partial charge in [0.1, 0.15) is 24.7 Å². The van der Waals surface area contributed by atoms with E-state index in [4.69, 9.17) is 9.47 Å². The minimum atomic E-state index is 0.445. The van der Waals surface area contributed by atoms with Gasteiger partial charge in [-0.15, -0.1) is 22.7 Å². The Morgan fingerprint density at radius 3 is 1.34 bits per heavy atom. The van der Waals surface area contributed by atoms with Crippen LogP contribution < -0.4 is 20.3 Å². The molecule has 0 amide bonds. The van der Waals surface area contributed by atoms with Crippen LogP contribution in [0.4, 0.5) is 10.3 Å². The van der Waals surface area contributed by atoms with E-state index in [9.17, 15) is 0 Å². The first kappa shape index (κ1) is 34.3. The molecule has 4 aromatic carbocycles. The van der Waals surface area contributed by atoms with Crippen molar-refractivity contribution < 1.29 is 9.47 Å². The number of aryl methyl sites for hydroxylation is 4. The number of hydrazone groups is 2. The molecule has 2 N–H and O–H groups in total. The molecule has 2 aromatic heterocycles. The summed E-state index contributed by atoms with van der Waals surface area (Å²) in [7, 11) is 0. The lowest BCUT2D eigenvalue weighted by molar-refractivity contribution is 0.345. The molecule has 252 valence electrons. The van der Waals surface area contributed by atoms with Crippen molar-refractivity contribution in [1.82, 2.24) is 9.97 Å². The molecular weight excluding hydrogens is 661 g/mol. The van der Waals surface area contributed by atoms with Gasteiger partial charge < -0.3 is 9.47 Å². The van der Waals surface area contributed by atoms with E-state index in [1.807, 2.05) is 111 Å². The van der Waals surface area contributed by atoms with Gasteiger partial charge in [0.05, 0.1) is 23.8 Å². The number of nitrogens with zero attached hydrogens (tertiary/aromatic N) is 4. The van der Waals surface area contributed by atoms with E-state index in [0.29, 0.717) is 13.2 Å². The number of aromatic nitrogens is 2. The highest BCUT2D eigenvalue weighted by atomic mass is 32.1. The summed E-state index contributed by atoms with van der Waals surface area (Å²) in [5, 5.41) is 14.3. The number of hydrogen-bond donors (Lipinski definition) is 2. The highest BCUT2D eigenvalue weighted by molar-refractivity contribution is 7.14. The Morgan fingerprint density at radius 1 is 0.580 bits per heavy atom. The van der Waals surface area contributed by atoms with E-state index in [0.717, 1.165) is 77.7 Å². The maximum Gasteiger partial charge on any atom is 0.203 e. The molecule has 0 aliphatic rings. The maximum atomic E-state index is 6.11. The summed E-state index contributed by atoms with van der Waals surface area (Å²) < 4.78 is 12.2. The summed E-state index contributed by atoms with van der Waals surface area (Å²) in [6.07, 6.45) is 7.56. The molecule has 2 heterocycles. The average molecular weight is 699 g/mol. The first-order chi connectivity index (χ1) is 24.4. The normalized spacial score (nSPS) is 11.5. The lowest BCUT2D eigenvalue weighted by Crippen LogP contribution is -2.02. The molecule has 0 bridgehead atoms. The van der Waals surface area contributed by atoms with E-state index < -0.39 is 0 Å². The van der Waals surface area contributed by atoms with Gasteiger partial charge in [0.2, 0.25) is 10.3 Å². The van der Waals surface area contributed by atoms with Gasteiger partial charge in [-0.25, -0.2) is 9.97 Å². The quantitative estimate of drug-likeness (QED) is 0.0668. The molecule has 0 aliphatic carbocycles. The lowest BCUT2D eigenvalue weighted by Gasteiger charge is -2.12. The molecule has 0 aliphatic heterocycles. The molecule has 0 spiro atoms. The van der Waals surface area contributed by atoms with E-state index in [2.05, 4.69) is 55.3 Å². The highest BCUT2D eigenvalue weighted by Crippen LogP contribution is 2.28. The Balaban J connectivity index is 0.949. The second-order valence-corrected chi connectivity index (χ2v) is 13.3. The van der Waals surface area contributed by atoms with Crippen LogP contribution in [0.1, 0.15) is 33.4 Å². The first-order valence-corrected chi connectivity index (χ1v) is 17.9. The molecule has 0 saturated carbocycles. The fraction of sp³-hybridized carbons (Fsp3) is 0.150. The Labute approximate surface area is 300 Å². The molecule has 0 radical (unpaired) electrons. The van der Waals surface area contributed by atoms with Crippen molar-refractivity contribution in [3.63, 3.8) is 0 Å². The molecule has 0 fully saturated rings. The minimum Gasteiger partial charge on any atom is -0.489 e. The third-order valence-corrected chi connectivity index (χ3v) is 9.17. The van der Waals surface area contributed by atoms with Gasteiger partial charge in [-0.1, -0.05) is 60.7 Å². The summed E-state index contributed by atoms with van der Waals surface area (Å²) in [4.78, 5) is 9.24. The zero-order chi connectivity index (χ0) is 34.7. The van der Waals surface area contributed by atoms with Gasteiger partial charge in [0, 0.05) is 21.9 Å². The smallest absolute Gasteiger partial charge is 0.203 e. The predicted molar refractivity (Wildman–Crippen MR) is 209 cm³/mol. The topological polar surface area (TPSA) is 93.0 Å².